The average molecular weight is 303 g/mol. The van der Waals surface area contributed by atoms with Crippen LogP contribution in [-0.4, -0.2) is 45.3 Å². The second-order valence-corrected chi connectivity index (χ2v) is 7.64. The fraction of sp³-hybridized carbons (Fsp3) is 0.923. The zero-order valence-corrected chi connectivity index (χ0v) is 12.8. The van der Waals surface area contributed by atoms with Crippen LogP contribution in [0.25, 0.3) is 0 Å². The SMILES string of the molecule is CCCS(=O)(=O)N[C@@H]1CCC(=O)N[C@H]1C1CCNCC1. The summed E-state index contributed by atoms with van der Waals surface area (Å²) in [7, 11) is -3.24. The molecule has 2 heterocycles. The maximum Gasteiger partial charge on any atom is 0.220 e. The Morgan fingerprint density at radius 1 is 1.25 bits per heavy atom. The smallest absolute Gasteiger partial charge is 0.220 e. The van der Waals surface area contributed by atoms with Gasteiger partial charge in [-0.2, -0.15) is 0 Å². The third-order valence-electron chi connectivity index (χ3n) is 4.14. The molecule has 0 aromatic carbocycles. The van der Waals surface area contributed by atoms with Crippen LogP contribution in [0, 0.1) is 5.92 Å². The summed E-state index contributed by atoms with van der Waals surface area (Å²) in [4.78, 5) is 11.6. The molecule has 20 heavy (non-hydrogen) atoms. The fourth-order valence-electron chi connectivity index (χ4n) is 3.17. The molecule has 1 amide bonds. The van der Waals surface area contributed by atoms with E-state index in [1.807, 2.05) is 6.92 Å². The lowest BCUT2D eigenvalue weighted by molar-refractivity contribution is -0.124. The normalized spacial score (nSPS) is 29.1. The number of rotatable bonds is 5. The molecule has 2 atom stereocenters. The lowest BCUT2D eigenvalue weighted by Gasteiger charge is -2.39. The van der Waals surface area contributed by atoms with Crippen molar-refractivity contribution in [2.75, 3.05) is 18.8 Å². The number of amides is 1. The van der Waals surface area contributed by atoms with Crippen LogP contribution in [0.5, 0.6) is 0 Å². The lowest BCUT2D eigenvalue weighted by atomic mass is 9.83. The number of carbonyl (C=O) groups excluding carboxylic acids is 1. The maximum absolute atomic E-state index is 12.0. The minimum atomic E-state index is -3.24. The molecule has 6 nitrogen and oxygen atoms in total. The van der Waals surface area contributed by atoms with Crippen molar-refractivity contribution in [3.63, 3.8) is 0 Å². The van der Waals surface area contributed by atoms with E-state index in [1.165, 1.54) is 0 Å². The predicted molar refractivity (Wildman–Crippen MR) is 77.8 cm³/mol. The summed E-state index contributed by atoms with van der Waals surface area (Å²) in [6.07, 6.45) is 3.57. The highest BCUT2D eigenvalue weighted by atomic mass is 32.2. The molecule has 0 aromatic heterocycles. The minimum absolute atomic E-state index is 0.0412. The van der Waals surface area contributed by atoms with Crippen molar-refractivity contribution in [3.8, 4) is 0 Å². The second-order valence-electron chi connectivity index (χ2n) is 5.76. The Labute approximate surface area is 121 Å². The van der Waals surface area contributed by atoms with Gasteiger partial charge in [0.15, 0.2) is 0 Å². The first-order chi connectivity index (χ1) is 9.52. The Kier molecular flexibility index (Phi) is 5.40. The highest BCUT2D eigenvalue weighted by Gasteiger charge is 2.36. The maximum atomic E-state index is 12.0. The van der Waals surface area contributed by atoms with Gasteiger partial charge in [0.05, 0.1) is 5.75 Å². The molecule has 0 aromatic rings. The van der Waals surface area contributed by atoms with E-state index >= 15 is 0 Å². The van der Waals surface area contributed by atoms with Gasteiger partial charge >= 0.3 is 0 Å². The zero-order valence-electron chi connectivity index (χ0n) is 12.0. The zero-order chi connectivity index (χ0) is 14.6. The van der Waals surface area contributed by atoms with Crippen LogP contribution in [0.15, 0.2) is 0 Å². The van der Waals surface area contributed by atoms with Crippen molar-refractivity contribution in [1.29, 1.82) is 0 Å². The van der Waals surface area contributed by atoms with Crippen molar-refractivity contribution in [2.24, 2.45) is 5.92 Å². The quantitative estimate of drug-likeness (QED) is 0.665. The summed E-state index contributed by atoms with van der Waals surface area (Å²) in [5.41, 5.74) is 0. The molecule has 2 aliphatic heterocycles. The van der Waals surface area contributed by atoms with Gasteiger partial charge in [0.25, 0.3) is 0 Å². The summed E-state index contributed by atoms with van der Waals surface area (Å²) in [6.45, 7) is 3.73. The van der Waals surface area contributed by atoms with E-state index in [0.717, 1.165) is 25.9 Å². The summed E-state index contributed by atoms with van der Waals surface area (Å²) >= 11 is 0. The first kappa shape index (κ1) is 15.7. The van der Waals surface area contributed by atoms with Crippen LogP contribution in [0.2, 0.25) is 0 Å². The summed E-state index contributed by atoms with van der Waals surface area (Å²) in [5.74, 6) is 0.547. The first-order valence-corrected chi connectivity index (χ1v) is 9.17. The number of nitrogens with one attached hydrogen (secondary N) is 3. The van der Waals surface area contributed by atoms with E-state index < -0.39 is 10.0 Å². The Balaban J connectivity index is 2.05. The van der Waals surface area contributed by atoms with Crippen LogP contribution in [0.4, 0.5) is 0 Å². The Morgan fingerprint density at radius 3 is 2.60 bits per heavy atom. The summed E-state index contributed by atoms with van der Waals surface area (Å²) in [6, 6.07) is -0.225. The third kappa shape index (κ3) is 4.17. The van der Waals surface area contributed by atoms with Gasteiger partial charge in [0, 0.05) is 18.5 Å². The number of hydrogen-bond donors (Lipinski definition) is 3. The van der Waals surface area contributed by atoms with Crippen LogP contribution in [0.3, 0.4) is 0 Å². The molecule has 0 aliphatic carbocycles. The van der Waals surface area contributed by atoms with Gasteiger partial charge in [-0.1, -0.05) is 6.92 Å². The van der Waals surface area contributed by atoms with Gasteiger partial charge in [0.2, 0.25) is 15.9 Å². The highest BCUT2D eigenvalue weighted by molar-refractivity contribution is 7.89. The van der Waals surface area contributed by atoms with Gasteiger partial charge < -0.3 is 10.6 Å². The Bertz CT molecular complexity index is 432. The van der Waals surface area contributed by atoms with Gasteiger partial charge in [-0.05, 0) is 44.7 Å². The molecule has 3 N–H and O–H groups in total. The van der Waals surface area contributed by atoms with E-state index in [-0.39, 0.29) is 23.7 Å². The Morgan fingerprint density at radius 2 is 1.95 bits per heavy atom. The van der Waals surface area contributed by atoms with Crippen LogP contribution in [0.1, 0.15) is 39.0 Å². The number of piperidine rings is 2. The standard InChI is InChI=1S/C13H25N3O3S/c1-2-9-20(18,19)16-11-3-4-12(17)15-13(11)10-5-7-14-8-6-10/h10-11,13-14,16H,2-9H2,1H3,(H,15,17)/t11-,13+/m1/s1. The summed E-state index contributed by atoms with van der Waals surface area (Å²) in [5, 5.41) is 6.30. The molecule has 0 radical (unpaired) electrons. The van der Waals surface area contributed by atoms with E-state index in [9.17, 15) is 13.2 Å². The van der Waals surface area contributed by atoms with E-state index in [2.05, 4.69) is 15.4 Å². The molecule has 116 valence electrons. The minimum Gasteiger partial charge on any atom is -0.351 e. The number of sulfonamides is 1. The topological polar surface area (TPSA) is 87.3 Å². The fourth-order valence-corrected chi connectivity index (χ4v) is 4.55. The van der Waals surface area contributed by atoms with Crippen molar-refractivity contribution < 1.29 is 13.2 Å². The molecule has 2 aliphatic rings. The van der Waals surface area contributed by atoms with Gasteiger partial charge in [-0.15, -0.1) is 0 Å². The molecular formula is C13H25N3O3S. The van der Waals surface area contributed by atoms with Crippen molar-refractivity contribution >= 4 is 15.9 Å². The molecule has 0 bridgehead atoms. The second kappa shape index (κ2) is 6.87. The highest BCUT2D eigenvalue weighted by Crippen LogP contribution is 2.24. The monoisotopic (exact) mass is 303 g/mol. The van der Waals surface area contributed by atoms with Crippen LogP contribution < -0.4 is 15.4 Å². The number of carbonyl (C=O) groups is 1. The van der Waals surface area contributed by atoms with E-state index in [0.29, 0.717) is 25.2 Å². The van der Waals surface area contributed by atoms with Crippen LogP contribution in [-0.2, 0) is 14.8 Å². The average Bonchev–Trinajstić information content (AvgIpc) is 2.41. The molecular weight excluding hydrogens is 278 g/mol. The lowest BCUT2D eigenvalue weighted by Crippen LogP contribution is -2.59. The first-order valence-electron chi connectivity index (χ1n) is 7.52. The predicted octanol–water partition coefficient (Wildman–Crippen LogP) is -0.0374. The summed E-state index contributed by atoms with van der Waals surface area (Å²) < 4.78 is 26.7. The van der Waals surface area contributed by atoms with Gasteiger partial charge in [0.1, 0.15) is 0 Å². The molecule has 2 saturated heterocycles. The largest absolute Gasteiger partial charge is 0.351 e. The van der Waals surface area contributed by atoms with Crippen molar-refractivity contribution in [1.82, 2.24) is 15.4 Å². The molecule has 0 unspecified atom stereocenters. The van der Waals surface area contributed by atoms with E-state index in [1.54, 1.807) is 0 Å². The Hall–Kier alpha value is -0.660. The van der Waals surface area contributed by atoms with Crippen molar-refractivity contribution in [3.05, 3.63) is 0 Å². The molecule has 2 rings (SSSR count). The molecule has 2 fully saturated rings. The molecule has 0 spiro atoms. The third-order valence-corrected chi connectivity index (χ3v) is 5.75. The van der Waals surface area contributed by atoms with Crippen molar-refractivity contribution in [2.45, 2.75) is 51.1 Å². The van der Waals surface area contributed by atoms with Gasteiger partial charge in [-0.25, -0.2) is 13.1 Å². The van der Waals surface area contributed by atoms with Crippen LogP contribution >= 0.6 is 0 Å². The molecule has 7 heteroatoms. The molecule has 0 saturated carbocycles. The van der Waals surface area contributed by atoms with Gasteiger partial charge in [-0.3, -0.25) is 4.79 Å². The number of hydrogen-bond acceptors (Lipinski definition) is 4. The van der Waals surface area contributed by atoms with E-state index in [4.69, 9.17) is 0 Å².